The number of hydrogen-bond acceptors (Lipinski definition) is 8. The molecule has 0 aliphatic heterocycles. The molecule has 3 heterocycles. The van der Waals surface area contributed by atoms with Crippen LogP contribution in [-0.4, -0.2) is 58.5 Å². The Hall–Kier alpha value is -3.48. The first kappa shape index (κ1) is 26.6. The fourth-order valence-corrected chi connectivity index (χ4v) is 5.30. The molecule has 0 aliphatic rings. The maximum Gasteiger partial charge on any atom is 0.253 e. The Labute approximate surface area is 223 Å². The van der Waals surface area contributed by atoms with Crippen LogP contribution in [0.5, 0.6) is 0 Å². The first-order chi connectivity index (χ1) is 17.7. The summed E-state index contributed by atoms with van der Waals surface area (Å²) in [6.45, 7) is 0. The van der Waals surface area contributed by atoms with Crippen LogP contribution >= 0.6 is 23.1 Å². The molecule has 37 heavy (non-hydrogen) atoms. The van der Waals surface area contributed by atoms with Crippen LogP contribution in [0.25, 0.3) is 22.4 Å². The molecule has 1 unspecified atom stereocenters. The van der Waals surface area contributed by atoms with Gasteiger partial charge in [-0.1, -0.05) is 18.2 Å². The first-order valence-electron chi connectivity index (χ1n) is 11.2. The number of thioether (sulfide) groups is 1. The fraction of sp³-hybridized carbons (Fsp3) is 0.200. The molecule has 0 fully saturated rings. The monoisotopic (exact) mass is 555 g/mol. The summed E-state index contributed by atoms with van der Waals surface area (Å²) in [7, 11) is -3.51. The van der Waals surface area contributed by atoms with Gasteiger partial charge in [-0.05, 0) is 53.8 Å². The number of hydrogen-bond donors (Lipinski definition) is 2. The predicted molar refractivity (Wildman–Crippen MR) is 148 cm³/mol. The highest BCUT2D eigenvalue weighted by Crippen LogP contribution is 2.29. The minimum absolute atomic E-state index is 0.151. The van der Waals surface area contributed by atoms with E-state index in [4.69, 9.17) is 0 Å². The second-order valence-electron chi connectivity index (χ2n) is 8.14. The highest BCUT2D eigenvalue weighted by Gasteiger charge is 2.23. The second kappa shape index (κ2) is 11.7. The van der Waals surface area contributed by atoms with Gasteiger partial charge in [-0.2, -0.15) is 11.8 Å². The number of rotatable bonds is 10. The number of carbonyl (C=O) groups excluding carboxylic acids is 2. The van der Waals surface area contributed by atoms with E-state index in [0.717, 1.165) is 32.6 Å². The molecule has 192 valence electrons. The molecule has 0 spiro atoms. The lowest BCUT2D eigenvalue weighted by atomic mass is 10.0. The molecular formula is C25H25N5O4S3. The van der Waals surface area contributed by atoms with Gasteiger partial charge in [0.25, 0.3) is 5.91 Å². The highest BCUT2D eigenvalue weighted by molar-refractivity contribution is 7.98. The van der Waals surface area contributed by atoms with Gasteiger partial charge in [0.2, 0.25) is 15.9 Å². The Balaban J connectivity index is 1.46. The van der Waals surface area contributed by atoms with Crippen LogP contribution in [0.15, 0.2) is 72.6 Å². The number of amides is 2. The van der Waals surface area contributed by atoms with Gasteiger partial charge in [0.15, 0.2) is 5.13 Å². The van der Waals surface area contributed by atoms with Crippen LogP contribution in [0.2, 0.25) is 0 Å². The Bertz CT molecular complexity index is 1500. The molecule has 12 heteroatoms. The van der Waals surface area contributed by atoms with E-state index in [1.807, 2.05) is 48.0 Å². The summed E-state index contributed by atoms with van der Waals surface area (Å²) >= 11 is 2.85. The molecule has 2 amide bonds. The summed E-state index contributed by atoms with van der Waals surface area (Å²) in [4.78, 5) is 34.4. The maximum absolute atomic E-state index is 13.1. The Morgan fingerprint density at radius 1 is 1.11 bits per heavy atom. The molecule has 3 aromatic heterocycles. The molecule has 0 aliphatic carbocycles. The first-order valence-corrected chi connectivity index (χ1v) is 15.3. The van der Waals surface area contributed by atoms with Gasteiger partial charge in [-0.15, -0.1) is 11.3 Å². The number of carbonyl (C=O) groups is 2. The standard InChI is InChI=1S/C25H25N5O4S3/c1-35-13-9-21(27-23(31)20-8-12-30(15-20)37(2,33)34)24(32)29-25-28-22(16-36-25)19-5-3-4-18(14-19)17-6-10-26-11-7-17/h3-8,10-12,14-16,21H,9,13H2,1-2H3,(H,27,31)(H,28,29,32). The van der Waals surface area contributed by atoms with Crippen LogP contribution < -0.4 is 10.6 Å². The Morgan fingerprint density at radius 2 is 1.86 bits per heavy atom. The molecule has 0 saturated heterocycles. The molecule has 4 aromatic rings. The summed E-state index contributed by atoms with van der Waals surface area (Å²) in [6.07, 6.45) is 9.36. The van der Waals surface area contributed by atoms with E-state index in [9.17, 15) is 18.0 Å². The van der Waals surface area contributed by atoms with Gasteiger partial charge in [0.05, 0.1) is 17.5 Å². The summed E-state index contributed by atoms with van der Waals surface area (Å²) in [5.41, 5.74) is 3.86. The predicted octanol–water partition coefficient (Wildman–Crippen LogP) is 3.97. The van der Waals surface area contributed by atoms with Gasteiger partial charge in [-0.3, -0.25) is 18.5 Å². The molecular weight excluding hydrogens is 531 g/mol. The molecule has 0 bridgehead atoms. The molecule has 1 atom stereocenters. The smallest absolute Gasteiger partial charge is 0.253 e. The van der Waals surface area contributed by atoms with E-state index in [1.54, 1.807) is 24.2 Å². The van der Waals surface area contributed by atoms with Crippen molar-refractivity contribution < 1.29 is 18.0 Å². The van der Waals surface area contributed by atoms with E-state index in [-0.39, 0.29) is 5.56 Å². The van der Waals surface area contributed by atoms with Crippen molar-refractivity contribution in [1.82, 2.24) is 19.3 Å². The van der Waals surface area contributed by atoms with Crippen molar-refractivity contribution in [3.8, 4) is 22.4 Å². The summed E-state index contributed by atoms with van der Waals surface area (Å²) in [5, 5.41) is 7.81. The van der Waals surface area contributed by atoms with Crippen LogP contribution in [-0.2, 0) is 14.8 Å². The van der Waals surface area contributed by atoms with Crippen molar-refractivity contribution in [2.75, 3.05) is 23.6 Å². The third-order valence-electron chi connectivity index (χ3n) is 5.45. The van der Waals surface area contributed by atoms with Crippen molar-refractivity contribution in [2.24, 2.45) is 0 Å². The number of aromatic nitrogens is 3. The van der Waals surface area contributed by atoms with Gasteiger partial charge < -0.3 is 10.6 Å². The largest absolute Gasteiger partial charge is 0.340 e. The zero-order valence-corrected chi connectivity index (χ0v) is 22.6. The fourth-order valence-electron chi connectivity index (χ4n) is 3.52. The lowest BCUT2D eigenvalue weighted by molar-refractivity contribution is -0.118. The minimum Gasteiger partial charge on any atom is -0.340 e. The van der Waals surface area contributed by atoms with E-state index in [2.05, 4.69) is 20.6 Å². The van der Waals surface area contributed by atoms with Crippen molar-refractivity contribution in [3.63, 3.8) is 0 Å². The van der Waals surface area contributed by atoms with Gasteiger partial charge in [0.1, 0.15) is 6.04 Å². The van der Waals surface area contributed by atoms with Crippen LogP contribution in [0.3, 0.4) is 0 Å². The number of nitrogens with one attached hydrogen (secondary N) is 2. The quantitative estimate of drug-likeness (QED) is 0.304. The Kier molecular flexibility index (Phi) is 8.41. The van der Waals surface area contributed by atoms with Gasteiger partial charge in [0, 0.05) is 35.7 Å². The van der Waals surface area contributed by atoms with E-state index in [0.29, 0.717) is 17.3 Å². The number of thiazole rings is 1. The van der Waals surface area contributed by atoms with Crippen molar-refractivity contribution in [2.45, 2.75) is 12.5 Å². The number of anilines is 1. The van der Waals surface area contributed by atoms with E-state index < -0.39 is 27.9 Å². The summed E-state index contributed by atoms with van der Waals surface area (Å²) in [5.74, 6) is -0.277. The van der Waals surface area contributed by atoms with E-state index >= 15 is 0 Å². The van der Waals surface area contributed by atoms with Crippen LogP contribution in [0.4, 0.5) is 5.13 Å². The van der Waals surface area contributed by atoms with Crippen LogP contribution in [0.1, 0.15) is 16.8 Å². The second-order valence-corrected chi connectivity index (χ2v) is 11.9. The molecule has 0 radical (unpaired) electrons. The zero-order valence-electron chi connectivity index (χ0n) is 20.1. The van der Waals surface area contributed by atoms with Crippen molar-refractivity contribution in [3.05, 3.63) is 78.2 Å². The topological polar surface area (TPSA) is 123 Å². The highest BCUT2D eigenvalue weighted by atomic mass is 32.2. The zero-order chi connectivity index (χ0) is 26.4. The molecule has 9 nitrogen and oxygen atoms in total. The van der Waals surface area contributed by atoms with Gasteiger partial charge >= 0.3 is 0 Å². The summed E-state index contributed by atoms with van der Waals surface area (Å²) < 4.78 is 24.3. The lowest BCUT2D eigenvalue weighted by Crippen LogP contribution is -2.44. The maximum atomic E-state index is 13.1. The average Bonchev–Trinajstić information content (AvgIpc) is 3.57. The van der Waals surface area contributed by atoms with E-state index in [1.165, 1.54) is 29.8 Å². The molecule has 2 N–H and O–H groups in total. The van der Waals surface area contributed by atoms with Crippen LogP contribution in [0, 0.1) is 0 Å². The van der Waals surface area contributed by atoms with Gasteiger partial charge in [-0.25, -0.2) is 13.4 Å². The summed E-state index contributed by atoms with van der Waals surface area (Å²) in [6, 6.07) is 12.4. The SMILES string of the molecule is CSCCC(NC(=O)c1ccn(S(C)(=O)=O)c1)C(=O)Nc1nc(-c2cccc(-c3ccncc3)c2)cs1. The average molecular weight is 556 g/mol. The number of nitrogens with zero attached hydrogens (tertiary/aromatic N) is 3. The Morgan fingerprint density at radius 3 is 2.57 bits per heavy atom. The van der Waals surface area contributed by atoms with Crippen molar-refractivity contribution in [1.29, 1.82) is 0 Å². The minimum atomic E-state index is -3.51. The lowest BCUT2D eigenvalue weighted by Gasteiger charge is -2.17. The number of benzene rings is 1. The third-order valence-corrected chi connectivity index (χ3v) is 7.85. The molecule has 0 saturated carbocycles. The normalized spacial score (nSPS) is 12.2. The molecule has 1 aromatic carbocycles. The van der Waals surface area contributed by atoms with Crippen molar-refractivity contribution >= 4 is 50.1 Å². The molecule has 4 rings (SSSR count). The number of pyridine rings is 1. The third kappa shape index (κ3) is 6.85.